The minimum Gasteiger partial charge on any atom is -0.772 e. The lowest BCUT2D eigenvalue weighted by molar-refractivity contribution is 0.0642. The Hall–Kier alpha value is -6.17. The Morgan fingerprint density at radius 1 is 0.495 bits per heavy atom. The lowest BCUT2D eigenvalue weighted by Gasteiger charge is -2.34. The van der Waals surface area contributed by atoms with E-state index in [1.54, 1.807) is 21.1 Å². The first-order valence-corrected chi connectivity index (χ1v) is 40.2. The summed E-state index contributed by atoms with van der Waals surface area (Å²) in [5.74, 6) is 3.72. The van der Waals surface area contributed by atoms with E-state index in [9.17, 15) is 32.7 Å². The van der Waals surface area contributed by atoms with Gasteiger partial charge in [0.2, 0.25) is 0 Å². The van der Waals surface area contributed by atoms with Gasteiger partial charge in [0, 0.05) is 88.8 Å². The third kappa shape index (κ3) is 29.7. The van der Waals surface area contributed by atoms with E-state index in [1.165, 1.54) is 24.0 Å². The number of carbonyl (C=O) groups is 5. The highest BCUT2D eigenvalue weighted by molar-refractivity contribution is 7.79. The number of rotatable bonds is 19. The fourth-order valence-corrected chi connectivity index (χ4v) is 13.3. The van der Waals surface area contributed by atoms with Crippen molar-refractivity contribution in [3.05, 3.63) is 162 Å². The number of carbonyl (C=O) groups excluding carboxylic acids is 5. The molecule has 23 heteroatoms. The SMILES string of the molecule is CC(C)c1ccc(C(=O)N2CCNCC2)c(Cl)c1.CC(C)c1ccc(C(=O)NC2CCN(C)CC2)c(Cl)c1.CCN1CCN(C(=O)c2ccc(C(C)C)cc2Cl)CC1.CCS(=O)[O-].COc1cc(C(=O)NCCN2CCCC2)ccc1C(C)C.COc1cc(C(C)C)ccc1C(=O)NC1CCN(C)CC1. The molecule has 4 N–H and O–H groups in total. The second-order valence-corrected chi connectivity index (χ2v) is 31.6. The molecule has 0 aliphatic carbocycles. The molecule has 0 bridgehead atoms. The summed E-state index contributed by atoms with van der Waals surface area (Å²) >= 11 is 16.9. The fourth-order valence-electron chi connectivity index (χ4n) is 12.5. The van der Waals surface area contributed by atoms with Gasteiger partial charge in [-0.1, -0.05) is 159 Å². The quantitative estimate of drug-likeness (QED) is 0.0567. The Kier molecular flexibility index (Phi) is 39.4. The van der Waals surface area contributed by atoms with Crippen LogP contribution in [0.2, 0.25) is 15.1 Å². The van der Waals surface area contributed by atoms with Gasteiger partial charge in [-0.25, -0.2) is 0 Å². The van der Waals surface area contributed by atoms with E-state index in [4.69, 9.17) is 44.3 Å². The predicted octanol–water partition coefficient (Wildman–Crippen LogP) is 14.2. The minimum absolute atomic E-state index is 0.0252. The second kappa shape index (κ2) is 46.2. The van der Waals surface area contributed by atoms with Crippen LogP contribution in [0, 0.1) is 0 Å². The maximum Gasteiger partial charge on any atom is 0.255 e. The summed E-state index contributed by atoms with van der Waals surface area (Å²) in [5.41, 5.74) is 8.91. The number of halogens is 3. The van der Waals surface area contributed by atoms with Gasteiger partial charge in [0.25, 0.3) is 29.5 Å². The van der Waals surface area contributed by atoms with Gasteiger partial charge in [-0.15, -0.1) is 0 Å². The molecule has 105 heavy (non-hydrogen) atoms. The number of piperidine rings is 2. The van der Waals surface area contributed by atoms with Crippen LogP contribution in [0.15, 0.2) is 91.0 Å². The number of likely N-dealkylation sites (N-methyl/N-ethyl adjacent to an activating group) is 1. The third-order valence-electron chi connectivity index (χ3n) is 19.7. The number of hydrogen-bond acceptors (Lipinski definition) is 14. The van der Waals surface area contributed by atoms with Gasteiger partial charge in [-0.05, 0) is 217 Å². The number of piperazine rings is 2. The predicted molar refractivity (Wildman–Crippen MR) is 431 cm³/mol. The maximum atomic E-state index is 12.5. The van der Waals surface area contributed by atoms with Crippen molar-refractivity contribution < 1.29 is 42.2 Å². The molecule has 5 saturated heterocycles. The van der Waals surface area contributed by atoms with E-state index in [1.807, 2.05) is 101 Å². The third-order valence-corrected chi connectivity index (χ3v) is 21.1. The van der Waals surface area contributed by atoms with Crippen LogP contribution in [-0.4, -0.2) is 225 Å². The van der Waals surface area contributed by atoms with Gasteiger partial charge in [0.1, 0.15) is 11.5 Å². The molecule has 19 nitrogen and oxygen atoms in total. The number of amides is 5. The van der Waals surface area contributed by atoms with Crippen LogP contribution in [0.4, 0.5) is 0 Å². The van der Waals surface area contributed by atoms with E-state index >= 15 is 0 Å². The molecule has 582 valence electrons. The smallest absolute Gasteiger partial charge is 0.255 e. The first-order valence-electron chi connectivity index (χ1n) is 37.8. The summed E-state index contributed by atoms with van der Waals surface area (Å²) in [6, 6.07) is 29.3. The topological polar surface area (TPSA) is 211 Å². The number of benzene rings is 5. The summed E-state index contributed by atoms with van der Waals surface area (Å²) in [7, 11) is 7.49. The van der Waals surface area contributed by atoms with Crippen molar-refractivity contribution in [1.29, 1.82) is 0 Å². The number of nitrogens with one attached hydrogen (secondary N) is 4. The number of likely N-dealkylation sites (tertiary alicyclic amines) is 3. The zero-order chi connectivity index (χ0) is 77.4. The molecule has 10 rings (SSSR count). The van der Waals surface area contributed by atoms with E-state index in [2.05, 4.69) is 131 Å². The van der Waals surface area contributed by atoms with Gasteiger partial charge in [-0.3, -0.25) is 28.2 Å². The van der Waals surface area contributed by atoms with Crippen molar-refractivity contribution in [3.8, 4) is 11.5 Å². The molecule has 5 aromatic rings. The van der Waals surface area contributed by atoms with Crippen molar-refractivity contribution in [2.45, 2.75) is 163 Å². The molecule has 0 spiro atoms. The van der Waals surface area contributed by atoms with Crippen molar-refractivity contribution in [2.75, 3.05) is 145 Å². The number of nitrogens with zero attached hydrogens (tertiary/aromatic N) is 6. The lowest BCUT2D eigenvalue weighted by atomic mass is 10.00. The van der Waals surface area contributed by atoms with Crippen LogP contribution < -0.4 is 30.7 Å². The Labute approximate surface area is 646 Å². The highest BCUT2D eigenvalue weighted by Crippen LogP contribution is 2.30. The van der Waals surface area contributed by atoms with Gasteiger partial charge in [-0.2, -0.15) is 0 Å². The Bertz CT molecular complexity index is 3540. The van der Waals surface area contributed by atoms with Crippen LogP contribution in [0.5, 0.6) is 11.5 Å². The van der Waals surface area contributed by atoms with E-state index in [-0.39, 0.29) is 47.4 Å². The van der Waals surface area contributed by atoms with E-state index < -0.39 is 11.1 Å². The zero-order valence-electron chi connectivity index (χ0n) is 65.6. The highest BCUT2D eigenvalue weighted by atomic mass is 35.5. The molecule has 5 aromatic carbocycles. The Morgan fingerprint density at radius 2 is 0.895 bits per heavy atom. The molecule has 1 unspecified atom stereocenters. The first kappa shape index (κ1) is 89.5. The summed E-state index contributed by atoms with van der Waals surface area (Å²) in [6.45, 7) is 40.8. The molecular formula is C82H122Cl3N10O9S-. The molecule has 5 aliphatic heterocycles. The molecule has 0 saturated carbocycles. The van der Waals surface area contributed by atoms with Crippen molar-refractivity contribution in [2.24, 2.45) is 0 Å². The zero-order valence-corrected chi connectivity index (χ0v) is 68.7. The average molecular weight is 1530 g/mol. The summed E-state index contributed by atoms with van der Waals surface area (Å²) in [4.78, 5) is 74.8. The summed E-state index contributed by atoms with van der Waals surface area (Å²) in [6.07, 6.45) is 6.58. The van der Waals surface area contributed by atoms with E-state index in [0.29, 0.717) is 84.8 Å². The molecule has 5 amide bonds. The average Bonchev–Trinajstić information content (AvgIpc) is 1.04. The minimum atomic E-state index is -1.82. The van der Waals surface area contributed by atoms with Crippen LogP contribution in [0.1, 0.15) is 231 Å². The molecule has 5 fully saturated rings. The summed E-state index contributed by atoms with van der Waals surface area (Å²) in [5, 5.41) is 14.1. The van der Waals surface area contributed by atoms with Crippen molar-refractivity contribution in [3.63, 3.8) is 0 Å². The van der Waals surface area contributed by atoms with Crippen LogP contribution in [0.3, 0.4) is 0 Å². The standard InChI is InChI=1S/2C17H26N2O2.2C16H23ClN2O.C14H19ClN2O.C2H6O2S/c1-12(2)13-5-6-15(16(11-13)21-4)17(20)18-14-7-9-19(3)10-8-14;1-13(2)15-7-6-14(12-16(15)21-3)17(20)18-8-11-19-9-4-5-10-19;1-11(2)12-4-5-14(15(17)10-12)16(20)18-13-6-8-19(3)9-7-13;1-4-18-7-9-19(10-8-18)16(20)14-6-5-13(12(2)3)11-15(14)17;1-10(2)11-3-4-12(13(15)9-11)14(18)17-7-5-16-6-8-17;1-2-5(3)4/h5-6,11-12,14H,7-10H2,1-4H3,(H,18,20);6-7,12-13H,4-5,8-11H2,1-3H3,(H,18,20);4-5,10-11,13H,6-9H2,1-3H3,(H,18,20);5-6,11-12H,4,7-10H2,1-3H3;3-4,9-10,16H,5-8H2,1-2H3;2H2,1H3,(H,3,4)/p-1. The first-order chi connectivity index (χ1) is 50.0. The van der Waals surface area contributed by atoms with Gasteiger partial charge < -0.3 is 64.7 Å². The lowest BCUT2D eigenvalue weighted by Crippen LogP contribution is -2.48. The monoisotopic (exact) mass is 1530 g/mol. The van der Waals surface area contributed by atoms with Crippen LogP contribution >= 0.6 is 34.8 Å². The van der Waals surface area contributed by atoms with Crippen molar-refractivity contribution in [1.82, 2.24) is 50.7 Å². The molecule has 5 aliphatic rings. The van der Waals surface area contributed by atoms with Crippen molar-refractivity contribution >= 4 is 75.4 Å². The molecule has 0 aromatic heterocycles. The van der Waals surface area contributed by atoms with E-state index in [0.717, 1.165) is 153 Å². The molecular weight excluding hydrogens is 1410 g/mol. The molecule has 0 radical (unpaired) electrons. The maximum absolute atomic E-state index is 12.5. The largest absolute Gasteiger partial charge is 0.772 e. The summed E-state index contributed by atoms with van der Waals surface area (Å²) < 4.78 is 29.5. The van der Waals surface area contributed by atoms with Crippen LogP contribution in [0.25, 0.3) is 0 Å². The number of methoxy groups -OCH3 is 2. The highest BCUT2D eigenvalue weighted by Gasteiger charge is 2.27. The Balaban J connectivity index is 0.000000232. The molecule has 5 heterocycles. The fraction of sp³-hybridized carbons (Fsp3) is 0.573. The van der Waals surface area contributed by atoms with Crippen LogP contribution in [-0.2, 0) is 11.1 Å². The Morgan fingerprint density at radius 3 is 1.29 bits per heavy atom. The number of ether oxygens (including phenoxy) is 2. The van der Waals surface area contributed by atoms with Gasteiger partial charge in [0.05, 0.1) is 51.5 Å². The second-order valence-electron chi connectivity index (χ2n) is 29.2. The van der Waals surface area contributed by atoms with Gasteiger partial charge in [0.15, 0.2) is 0 Å². The van der Waals surface area contributed by atoms with Gasteiger partial charge >= 0.3 is 0 Å². The number of hydrogen-bond donors (Lipinski definition) is 4. The normalized spacial score (nSPS) is 16.5. The molecule has 1 atom stereocenters.